The van der Waals surface area contributed by atoms with Gasteiger partial charge < -0.3 is 11.1 Å². The Kier molecular flexibility index (Phi) is 6.63. The predicted octanol–water partition coefficient (Wildman–Crippen LogP) is 2.36. The van der Waals surface area contributed by atoms with Gasteiger partial charge in [-0.05, 0) is 32.0 Å². The fraction of sp³-hybridized carbons (Fsp3) is 0.467. The Balaban J connectivity index is 2.49. The minimum atomic E-state index is -0.504. The standard InChI is InChI=1S/C15H21FN4O/c1-11(2)20(8-3-7-17)9-6-15(21)19-12-4-5-13(16)14(18)10-12/h4-5,10-11H,3,6,8-9,18H2,1-2H3,(H,19,21). The second kappa shape index (κ2) is 8.22. The lowest BCUT2D eigenvalue weighted by molar-refractivity contribution is -0.116. The normalized spacial score (nSPS) is 10.7. The number of carbonyl (C=O) groups excluding carboxylic acids is 1. The number of rotatable bonds is 7. The van der Waals surface area contributed by atoms with E-state index in [0.29, 0.717) is 31.6 Å². The van der Waals surface area contributed by atoms with Crippen molar-refractivity contribution in [2.45, 2.75) is 32.7 Å². The Morgan fingerprint density at radius 2 is 2.19 bits per heavy atom. The number of halogens is 1. The minimum absolute atomic E-state index is 0.00521. The molecule has 3 N–H and O–H groups in total. The highest BCUT2D eigenvalue weighted by atomic mass is 19.1. The number of nitrogens with zero attached hydrogens (tertiary/aromatic N) is 2. The van der Waals surface area contributed by atoms with E-state index in [1.807, 2.05) is 13.8 Å². The molecule has 0 aliphatic heterocycles. The van der Waals surface area contributed by atoms with E-state index in [1.54, 1.807) is 0 Å². The van der Waals surface area contributed by atoms with E-state index in [2.05, 4.69) is 16.3 Å². The second-order valence-corrected chi connectivity index (χ2v) is 5.07. The van der Waals surface area contributed by atoms with E-state index in [4.69, 9.17) is 11.0 Å². The first-order chi connectivity index (χ1) is 9.93. The summed E-state index contributed by atoms with van der Waals surface area (Å²) in [7, 11) is 0. The molecule has 114 valence electrons. The Morgan fingerprint density at radius 1 is 1.48 bits per heavy atom. The molecule has 21 heavy (non-hydrogen) atoms. The molecule has 0 aromatic heterocycles. The molecular weight excluding hydrogens is 271 g/mol. The monoisotopic (exact) mass is 292 g/mol. The first kappa shape index (κ1) is 16.9. The van der Waals surface area contributed by atoms with Gasteiger partial charge in [0, 0.05) is 37.7 Å². The number of nitriles is 1. The van der Waals surface area contributed by atoms with E-state index in [9.17, 15) is 9.18 Å². The highest BCUT2D eigenvalue weighted by molar-refractivity contribution is 5.91. The summed E-state index contributed by atoms with van der Waals surface area (Å²) >= 11 is 0. The van der Waals surface area contributed by atoms with Crippen molar-refractivity contribution in [2.75, 3.05) is 24.1 Å². The van der Waals surface area contributed by atoms with Gasteiger partial charge in [0.2, 0.25) is 5.91 Å². The van der Waals surface area contributed by atoms with Crippen LogP contribution >= 0.6 is 0 Å². The third-order valence-corrected chi connectivity index (χ3v) is 3.15. The first-order valence-corrected chi connectivity index (χ1v) is 6.90. The maximum absolute atomic E-state index is 13.0. The van der Waals surface area contributed by atoms with Gasteiger partial charge in [-0.3, -0.25) is 9.69 Å². The molecule has 0 bridgehead atoms. The maximum Gasteiger partial charge on any atom is 0.225 e. The van der Waals surface area contributed by atoms with Crippen molar-refractivity contribution in [1.82, 2.24) is 4.90 Å². The molecule has 5 nitrogen and oxygen atoms in total. The van der Waals surface area contributed by atoms with Crippen molar-refractivity contribution in [1.29, 1.82) is 5.26 Å². The number of nitrogen functional groups attached to an aromatic ring is 1. The quantitative estimate of drug-likeness (QED) is 0.756. The van der Waals surface area contributed by atoms with Gasteiger partial charge in [-0.15, -0.1) is 0 Å². The van der Waals surface area contributed by atoms with E-state index in [1.165, 1.54) is 18.2 Å². The summed E-state index contributed by atoms with van der Waals surface area (Å²) in [4.78, 5) is 13.9. The number of hydrogen-bond acceptors (Lipinski definition) is 4. The van der Waals surface area contributed by atoms with Crippen LogP contribution in [0.15, 0.2) is 18.2 Å². The van der Waals surface area contributed by atoms with Crippen LogP contribution in [0.1, 0.15) is 26.7 Å². The summed E-state index contributed by atoms with van der Waals surface area (Å²) in [6, 6.07) is 6.46. The summed E-state index contributed by atoms with van der Waals surface area (Å²) in [5.74, 6) is -0.667. The number of nitrogens with one attached hydrogen (secondary N) is 1. The van der Waals surface area contributed by atoms with E-state index in [-0.39, 0.29) is 17.6 Å². The maximum atomic E-state index is 13.0. The van der Waals surface area contributed by atoms with Crippen LogP contribution in [-0.2, 0) is 4.79 Å². The molecule has 1 rings (SSSR count). The van der Waals surface area contributed by atoms with Gasteiger partial charge in [-0.1, -0.05) is 0 Å². The zero-order chi connectivity index (χ0) is 15.8. The summed E-state index contributed by atoms with van der Waals surface area (Å²) in [5.41, 5.74) is 5.93. The van der Waals surface area contributed by atoms with Crippen LogP contribution < -0.4 is 11.1 Å². The smallest absolute Gasteiger partial charge is 0.225 e. The SMILES string of the molecule is CC(C)N(CCC#N)CCC(=O)Nc1ccc(F)c(N)c1. The fourth-order valence-electron chi connectivity index (χ4n) is 1.91. The van der Waals surface area contributed by atoms with Gasteiger partial charge in [0.1, 0.15) is 5.82 Å². The highest BCUT2D eigenvalue weighted by Gasteiger charge is 2.12. The second-order valence-electron chi connectivity index (χ2n) is 5.07. The minimum Gasteiger partial charge on any atom is -0.396 e. The van der Waals surface area contributed by atoms with Crippen LogP contribution in [0.3, 0.4) is 0 Å². The van der Waals surface area contributed by atoms with Crippen LogP contribution in [-0.4, -0.2) is 29.9 Å². The van der Waals surface area contributed by atoms with Crippen LogP contribution in [0.25, 0.3) is 0 Å². The van der Waals surface area contributed by atoms with Gasteiger partial charge in [0.25, 0.3) is 0 Å². The van der Waals surface area contributed by atoms with E-state index >= 15 is 0 Å². The number of benzene rings is 1. The number of carbonyl (C=O) groups is 1. The molecule has 6 heteroatoms. The molecule has 0 heterocycles. The Bertz CT molecular complexity index is 525. The van der Waals surface area contributed by atoms with E-state index < -0.39 is 5.82 Å². The van der Waals surface area contributed by atoms with Crippen molar-refractivity contribution in [3.8, 4) is 6.07 Å². The van der Waals surface area contributed by atoms with Crippen molar-refractivity contribution in [3.63, 3.8) is 0 Å². The molecule has 1 aromatic rings. The van der Waals surface area contributed by atoms with Gasteiger partial charge in [0.15, 0.2) is 0 Å². The Labute approximate surface area is 124 Å². The molecular formula is C15H21FN4O. The molecule has 0 saturated carbocycles. The van der Waals surface area contributed by atoms with Crippen molar-refractivity contribution in [2.24, 2.45) is 0 Å². The molecule has 0 unspecified atom stereocenters. The molecule has 0 atom stereocenters. The third kappa shape index (κ3) is 5.79. The zero-order valence-corrected chi connectivity index (χ0v) is 12.4. The summed E-state index contributed by atoms with van der Waals surface area (Å²) < 4.78 is 13.0. The average Bonchev–Trinajstić information content (AvgIpc) is 2.42. The lowest BCUT2D eigenvalue weighted by atomic mass is 10.2. The number of amides is 1. The molecule has 1 aromatic carbocycles. The van der Waals surface area contributed by atoms with Crippen molar-refractivity contribution >= 4 is 17.3 Å². The molecule has 0 radical (unpaired) electrons. The topological polar surface area (TPSA) is 82.2 Å². The third-order valence-electron chi connectivity index (χ3n) is 3.15. The average molecular weight is 292 g/mol. The molecule has 0 aliphatic carbocycles. The molecule has 1 amide bonds. The zero-order valence-electron chi connectivity index (χ0n) is 12.4. The lowest BCUT2D eigenvalue weighted by Gasteiger charge is -2.25. The van der Waals surface area contributed by atoms with Gasteiger partial charge >= 0.3 is 0 Å². The summed E-state index contributed by atoms with van der Waals surface area (Å²) in [5, 5.41) is 11.3. The molecule has 0 saturated heterocycles. The predicted molar refractivity (Wildman–Crippen MR) is 81.0 cm³/mol. The summed E-state index contributed by atoms with van der Waals surface area (Å²) in [6.45, 7) is 5.26. The number of anilines is 2. The van der Waals surface area contributed by atoms with Gasteiger partial charge in [-0.25, -0.2) is 4.39 Å². The Morgan fingerprint density at radius 3 is 2.76 bits per heavy atom. The first-order valence-electron chi connectivity index (χ1n) is 6.90. The molecule has 0 fully saturated rings. The molecule has 0 spiro atoms. The largest absolute Gasteiger partial charge is 0.396 e. The number of hydrogen-bond donors (Lipinski definition) is 2. The van der Waals surface area contributed by atoms with Crippen molar-refractivity contribution < 1.29 is 9.18 Å². The summed E-state index contributed by atoms with van der Waals surface area (Å²) in [6.07, 6.45) is 0.745. The number of nitrogens with two attached hydrogens (primary N) is 1. The lowest BCUT2D eigenvalue weighted by Crippen LogP contribution is -2.34. The molecule has 0 aliphatic rings. The Hall–Kier alpha value is -2.13. The van der Waals surface area contributed by atoms with Crippen LogP contribution in [0.4, 0.5) is 15.8 Å². The highest BCUT2D eigenvalue weighted by Crippen LogP contribution is 2.16. The van der Waals surface area contributed by atoms with Crippen molar-refractivity contribution in [3.05, 3.63) is 24.0 Å². The van der Waals surface area contributed by atoms with Gasteiger partial charge in [-0.2, -0.15) is 5.26 Å². The van der Waals surface area contributed by atoms with Crippen LogP contribution in [0, 0.1) is 17.1 Å². The van der Waals surface area contributed by atoms with Crippen LogP contribution in [0.5, 0.6) is 0 Å². The van der Waals surface area contributed by atoms with Gasteiger partial charge in [0.05, 0.1) is 11.8 Å². The fourth-order valence-corrected chi connectivity index (χ4v) is 1.91. The van der Waals surface area contributed by atoms with E-state index in [0.717, 1.165) is 0 Å². The van der Waals surface area contributed by atoms with Crippen LogP contribution in [0.2, 0.25) is 0 Å².